The molecule has 34 heavy (non-hydrogen) atoms. The minimum Gasteiger partial charge on any atom is -0.488 e. The van der Waals surface area contributed by atoms with Crippen molar-refractivity contribution in [3.8, 4) is 11.8 Å². The molecule has 1 aliphatic rings. The molecule has 168 valence electrons. The molecular formula is C26H18N2O5S. The number of para-hydroxylation sites is 1. The van der Waals surface area contributed by atoms with Gasteiger partial charge in [0, 0.05) is 5.56 Å². The number of carbonyl (C=O) groups is 3. The van der Waals surface area contributed by atoms with Crippen molar-refractivity contribution in [3.63, 3.8) is 0 Å². The molecule has 0 bridgehead atoms. The van der Waals surface area contributed by atoms with E-state index in [1.54, 1.807) is 66.7 Å². The van der Waals surface area contributed by atoms with Crippen molar-refractivity contribution < 1.29 is 24.2 Å². The Labute approximate surface area is 199 Å². The lowest BCUT2D eigenvalue weighted by atomic mass is 10.1. The summed E-state index contributed by atoms with van der Waals surface area (Å²) in [4.78, 5) is 37.9. The Bertz CT molecular complexity index is 1340. The number of amides is 2. The average Bonchev–Trinajstić information content (AvgIpc) is 3.11. The fraction of sp³-hybridized carbons (Fsp3) is 0.0769. The number of imide groups is 1. The SMILES string of the molecule is N#Cc1ccccc1CN1C(=O)S/C(=C/c2ccccc2OCc2ccc(C(=O)O)cc2)C1=O. The van der Waals surface area contributed by atoms with Gasteiger partial charge in [0.15, 0.2) is 0 Å². The largest absolute Gasteiger partial charge is 0.488 e. The lowest BCUT2D eigenvalue weighted by molar-refractivity contribution is -0.123. The van der Waals surface area contributed by atoms with Gasteiger partial charge in [0.05, 0.1) is 28.6 Å². The summed E-state index contributed by atoms with van der Waals surface area (Å²) in [5, 5.41) is 17.9. The molecule has 4 rings (SSSR count). The van der Waals surface area contributed by atoms with Crippen molar-refractivity contribution in [2.45, 2.75) is 13.2 Å². The molecule has 0 unspecified atom stereocenters. The van der Waals surface area contributed by atoms with Crippen LogP contribution in [0.1, 0.15) is 32.6 Å². The second-order valence-corrected chi connectivity index (χ2v) is 8.36. The minimum absolute atomic E-state index is 0.0240. The molecule has 1 fully saturated rings. The van der Waals surface area contributed by atoms with E-state index >= 15 is 0 Å². The highest BCUT2D eigenvalue weighted by Gasteiger charge is 2.35. The number of rotatable bonds is 7. The maximum atomic E-state index is 12.9. The third kappa shape index (κ3) is 5.00. The van der Waals surface area contributed by atoms with Gasteiger partial charge >= 0.3 is 5.97 Å². The lowest BCUT2D eigenvalue weighted by Gasteiger charge is -2.13. The molecule has 0 radical (unpaired) electrons. The second kappa shape index (κ2) is 10.1. The van der Waals surface area contributed by atoms with E-state index in [4.69, 9.17) is 9.84 Å². The lowest BCUT2D eigenvalue weighted by Crippen LogP contribution is -2.27. The van der Waals surface area contributed by atoms with Crippen molar-refractivity contribution >= 4 is 35.0 Å². The first kappa shape index (κ1) is 22.8. The fourth-order valence-corrected chi connectivity index (χ4v) is 4.18. The van der Waals surface area contributed by atoms with Gasteiger partial charge in [-0.3, -0.25) is 14.5 Å². The molecule has 7 nitrogen and oxygen atoms in total. The highest BCUT2D eigenvalue weighted by molar-refractivity contribution is 8.18. The molecule has 1 heterocycles. The molecule has 0 aliphatic carbocycles. The molecule has 1 saturated heterocycles. The molecule has 1 N–H and O–H groups in total. The molecule has 2 amide bonds. The number of thioether (sulfide) groups is 1. The number of carbonyl (C=O) groups excluding carboxylic acids is 2. The first-order valence-electron chi connectivity index (χ1n) is 10.2. The van der Waals surface area contributed by atoms with Crippen LogP contribution in [0.3, 0.4) is 0 Å². The second-order valence-electron chi connectivity index (χ2n) is 7.37. The molecule has 0 aromatic heterocycles. The van der Waals surface area contributed by atoms with E-state index in [1.807, 2.05) is 0 Å². The molecule has 8 heteroatoms. The quantitative estimate of drug-likeness (QED) is 0.480. The van der Waals surface area contributed by atoms with Gasteiger partial charge in [0.25, 0.3) is 11.1 Å². The van der Waals surface area contributed by atoms with Crippen LogP contribution in [0.5, 0.6) is 5.75 Å². The highest BCUT2D eigenvalue weighted by atomic mass is 32.2. The average molecular weight is 471 g/mol. The fourth-order valence-electron chi connectivity index (χ4n) is 3.35. The van der Waals surface area contributed by atoms with Crippen LogP contribution in [0.4, 0.5) is 4.79 Å². The van der Waals surface area contributed by atoms with Gasteiger partial charge in [-0.15, -0.1) is 0 Å². The van der Waals surface area contributed by atoms with E-state index in [0.717, 1.165) is 22.2 Å². The monoisotopic (exact) mass is 470 g/mol. The van der Waals surface area contributed by atoms with E-state index in [0.29, 0.717) is 22.4 Å². The molecular weight excluding hydrogens is 452 g/mol. The number of hydrogen-bond donors (Lipinski definition) is 1. The summed E-state index contributed by atoms with van der Waals surface area (Å²) in [7, 11) is 0. The predicted molar refractivity (Wildman–Crippen MR) is 127 cm³/mol. The zero-order chi connectivity index (χ0) is 24.1. The molecule has 0 saturated carbocycles. The van der Waals surface area contributed by atoms with Crippen LogP contribution >= 0.6 is 11.8 Å². The zero-order valence-electron chi connectivity index (χ0n) is 17.8. The van der Waals surface area contributed by atoms with Crippen LogP contribution < -0.4 is 4.74 Å². The van der Waals surface area contributed by atoms with E-state index in [2.05, 4.69) is 6.07 Å². The van der Waals surface area contributed by atoms with Crippen molar-refractivity contribution in [1.29, 1.82) is 5.26 Å². The maximum absolute atomic E-state index is 12.9. The predicted octanol–water partition coefficient (Wildman–Crippen LogP) is 5.07. The summed E-state index contributed by atoms with van der Waals surface area (Å²) in [5.41, 5.74) is 2.63. The Morgan fingerprint density at radius 1 is 1.03 bits per heavy atom. The Balaban J connectivity index is 1.51. The van der Waals surface area contributed by atoms with Crippen molar-refractivity contribution in [2.75, 3.05) is 0 Å². The van der Waals surface area contributed by atoms with Crippen molar-refractivity contribution in [3.05, 3.63) is 106 Å². The number of nitriles is 1. The summed E-state index contributed by atoms with van der Waals surface area (Å²) in [6.07, 6.45) is 1.62. The van der Waals surface area contributed by atoms with Crippen molar-refractivity contribution in [1.82, 2.24) is 4.90 Å². The number of ether oxygens (including phenoxy) is 1. The van der Waals surface area contributed by atoms with Gasteiger partial charge in [-0.1, -0.05) is 48.5 Å². The minimum atomic E-state index is -0.997. The molecule has 1 aliphatic heterocycles. The van der Waals surface area contributed by atoms with Gasteiger partial charge < -0.3 is 9.84 Å². The number of carboxylic acid groups (broad SMARTS) is 1. The summed E-state index contributed by atoms with van der Waals surface area (Å²) in [6, 6.07) is 22.4. The topological polar surface area (TPSA) is 108 Å². The molecule has 0 atom stereocenters. The highest BCUT2D eigenvalue weighted by Crippen LogP contribution is 2.35. The number of nitrogens with zero attached hydrogens (tertiary/aromatic N) is 2. The third-order valence-corrected chi connectivity index (χ3v) is 6.05. The number of hydrogen-bond acceptors (Lipinski definition) is 6. The van der Waals surface area contributed by atoms with Gasteiger partial charge in [-0.05, 0) is 53.2 Å². The summed E-state index contributed by atoms with van der Waals surface area (Å²) in [6.45, 7) is 0.230. The first-order chi connectivity index (χ1) is 16.5. The number of benzene rings is 3. The smallest absolute Gasteiger partial charge is 0.335 e. The Kier molecular flexibility index (Phi) is 6.76. The van der Waals surface area contributed by atoms with Gasteiger partial charge in [0.1, 0.15) is 12.4 Å². The van der Waals surface area contributed by atoms with Crippen LogP contribution in [0.2, 0.25) is 0 Å². The summed E-state index contributed by atoms with van der Waals surface area (Å²) >= 11 is 0.841. The van der Waals surface area contributed by atoms with E-state index in [-0.39, 0.29) is 23.6 Å². The van der Waals surface area contributed by atoms with Crippen LogP contribution in [-0.2, 0) is 17.9 Å². The van der Waals surface area contributed by atoms with Gasteiger partial charge in [-0.2, -0.15) is 5.26 Å². The van der Waals surface area contributed by atoms with E-state index < -0.39 is 17.1 Å². The van der Waals surface area contributed by atoms with Gasteiger partial charge in [0.2, 0.25) is 0 Å². The van der Waals surface area contributed by atoms with Crippen LogP contribution in [0, 0.1) is 11.3 Å². The summed E-state index contributed by atoms with van der Waals surface area (Å²) < 4.78 is 5.90. The maximum Gasteiger partial charge on any atom is 0.335 e. The molecule has 3 aromatic carbocycles. The Morgan fingerprint density at radius 2 is 1.74 bits per heavy atom. The molecule has 3 aromatic rings. The number of carboxylic acids is 1. The number of aromatic carboxylic acids is 1. The van der Waals surface area contributed by atoms with E-state index in [9.17, 15) is 19.6 Å². The molecule has 0 spiro atoms. The third-order valence-electron chi connectivity index (χ3n) is 5.14. The van der Waals surface area contributed by atoms with Crippen molar-refractivity contribution in [2.24, 2.45) is 0 Å². The van der Waals surface area contributed by atoms with Gasteiger partial charge in [-0.25, -0.2) is 4.79 Å². The normalized spacial score (nSPS) is 14.3. The summed E-state index contributed by atoms with van der Waals surface area (Å²) in [5.74, 6) is -0.906. The Morgan fingerprint density at radius 3 is 2.47 bits per heavy atom. The van der Waals surface area contributed by atoms with Crippen LogP contribution in [0.25, 0.3) is 6.08 Å². The van der Waals surface area contributed by atoms with E-state index in [1.165, 1.54) is 12.1 Å². The zero-order valence-corrected chi connectivity index (χ0v) is 18.6. The standard InChI is InChI=1S/C26H18N2O5S/c27-14-20-6-1-2-7-21(20)15-28-24(29)23(34-26(28)32)13-19-5-3-4-8-22(19)33-16-17-9-11-18(12-10-17)25(30)31/h1-13H,15-16H2,(H,30,31)/b23-13+. The van der Waals surface area contributed by atoms with Crippen LogP contribution in [-0.4, -0.2) is 27.1 Å². The Hall–Kier alpha value is -4.35. The van der Waals surface area contributed by atoms with Crippen LogP contribution in [0.15, 0.2) is 77.7 Å². The first-order valence-corrected chi connectivity index (χ1v) is 11.1.